The van der Waals surface area contributed by atoms with Gasteiger partial charge in [0.1, 0.15) is 22.5 Å². The van der Waals surface area contributed by atoms with Gasteiger partial charge in [-0.25, -0.2) is 0 Å². The van der Waals surface area contributed by atoms with Crippen LogP contribution in [0.1, 0.15) is 31.9 Å². The van der Waals surface area contributed by atoms with E-state index in [1.54, 1.807) is 19.1 Å². The van der Waals surface area contributed by atoms with E-state index in [-0.39, 0.29) is 45.4 Å². The van der Waals surface area contributed by atoms with Crippen LogP contribution in [0.25, 0.3) is 28.0 Å². The summed E-state index contributed by atoms with van der Waals surface area (Å²) in [6.07, 6.45) is 2.52. The fourth-order valence-electron chi connectivity index (χ4n) is 3.57. The number of aromatic hydroxyl groups is 3. The first kappa shape index (κ1) is 19.8. The van der Waals surface area contributed by atoms with Crippen molar-refractivity contribution in [3.8, 4) is 23.0 Å². The van der Waals surface area contributed by atoms with Crippen LogP contribution in [0.4, 0.5) is 0 Å². The average Bonchev–Trinajstić information content (AvgIpc) is 2.67. The first-order valence-electron chi connectivity index (χ1n) is 9.43. The van der Waals surface area contributed by atoms with Crippen LogP contribution in [0.5, 0.6) is 23.0 Å². The van der Waals surface area contributed by atoms with Crippen molar-refractivity contribution in [2.75, 3.05) is 0 Å². The molecule has 0 aliphatic carbocycles. The Morgan fingerprint density at radius 1 is 1.17 bits per heavy atom. The molecule has 0 saturated carbocycles. The van der Waals surface area contributed by atoms with E-state index in [2.05, 4.69) is 6.58 Å². The van der Waals surface area contributed by atoms with Crippen molar-refractivity contribution < 1.29 is 29.6 Å². The van der Waals surface area contributed by atoms with Crippen molar-refractivity contribution in [1.29, 1.82) is 0 Å². The quantitative estimate of drug-likeness (QED) is 0.295. The highest BCUT2D eigenvalue weighted by molar-refractivity contribution is 6.01. The predicted octanol–water partition coefficient (Wildman–Crippen LogP) is 3.73. The third kappa shape index (κ3) is 2.90. The van der Waals surface area contributed by atoms with Crippen LogP contribution in [0.3, 0.4) is 0 Å². The largest absolute Gasteiger partial charge is 0.507 e. The number of aliphatic hydroxyl groups excluding tert-OH is 1. The van der Waals surface area contributed by atoms with E-state index in [1.165, 1.54) is 12.1 Å². The highest BCUT2D eigenvalue weighted by atomic mass is 16.5. The molecule has 3 aromatic rings. The molecule has 0 spiro atoms. The maximum Gasteiger partial charge on any atom is 0.204 e. The molecule has 4 N–H and O–H groups in total. The third-order valence-electron chi connectivity index (χ3n) is 5.28. The molecule has 156 valence electrons. The normalized spacial score (nSPS) is 15.7. The summed E-state index contributed by atoms with van der Waals surface area (Å²) in [5.74, 6) is -1.09. The maximum atomic E-state index is 13.2. The van der Waals surface area contributed by atoms with Crippen molar-refractivity contribution in [3.05, 3.63) is 51.7 Å². The average molecular weight is 410 g/mol. The van der Waals surface area contributed by atoms with Gasteiger partial charge in [-0.2, -0.15) is 0 Å². The molecule has 0 bridgehead atoms. The molecule has 4 rings (SSSR count). The molecule has 2 aromatic carbocycles. The lowest BCUT2D eigenvalue weighted by Crippen LogP contribution is -2.29. The van der Waals surface area contributed by atoms with Crippen molar-refractivity contribution in [2.45, 2.75) is 38.9 Å². The molecular weight excluding hydrogens is 388 g/mol. The number of hydrogen-bond donors (Lipinski definition) is 4. The second kappa shape index (κ2) is 6.53. The summed E-state index contributed by atoms with van der Waals surface area (Å²) in [6.45, 7) is 9.06. The van der Waals surface area contributed by atoms with E-state index in [0.717, 1.165) is 0 Å². The molecule has 7 heteroatoms. The van der Waals surface area contributed by atoms with Crippen LogP contribution >= 0.6 is 0 Å². The summed E-state index contributed by atoms with van der Waals surface area (Å²) in [5, 5.41) is 41.3. The van der Waals surface area contributed by atoms with Gasteiger partial charge in [0.2, 0.25) is 11.2 Å². The molecule has 1 aromatic heterocycles. The molecule has 0 fully saturated rings. The second-order valence-corrected chi connectivity index (χ2v) is 8.12. The van der Waals surface area contributed by atoms with Gasteiger partial charge in [0.05, 0.1) is 17.1 Å². The summed E-state index contributed by atoms with van der Waals surface area (Å²) in [5.41, 5.74) is -0.296. The second-order valence-electron chi connectivity index (χ2n) is 8.12. The lowest BCUT2D eigenvalue weighted by molar-refractivity contribution is 0.153. The summed E-state index contributed by atoms with van der Waals surface area (Å²) in [6, 6.07) is 2.49. The zero-order chi connectivity index (χ0) is 22.0. The standard InChI is InChI=1S/C23H22O7/c1-10(2)15(25)9-13-18(27)16-17(26)11-5-6-14(24)19(28)22(11)29-21(16)12-7-8-23(3,4)30-20(12)13/h5-8,15,24-25,27-28H,1,9H2,2-4H3/t15-/m0/s1. The number of phenolic OH excluding ortho intramolecular Hbond substituents is 3. The van der Waals surface area contributed by atoms with Gasteiger partial charge >= 0.3 is 0 Å². The van der Waals surface area contributed by atoms with Crippen LogP contribution < -0.4 is 10.2 Å². The first-order chi connectivity index (χ1) is 14.0. The minimum Gasteiger partial charge on any atom is -0.507 e. The summed E-state index contributed by atoms with van der Waals surface area (Å²) < 4.78 is 11.9. The Balaban J connectivity index is 2.17. The Morgan fingerprint density at radius 3 is 2.53 bits per heavy atom. The van der Waals surface area contributed by atoms with Crippen LogP contribution in [0.15, 0.2) is 39.6 Å². The molecule has 7 nitrogen and oxygen atoms in total. The van der Waals surface area contributed by atoms with Crippen LogP contribution in [0.2, 0.25) is 0 Å². The number of rotatable bonds is 3. The van der Waals surface area contributed by atoms with Gasteiger partial charge in [-0.3, -0.25) is 4.79 Å². The monoisotopic (exact) mass is 410 g/mol. The molecular formula is C23H22O7. The van der Waals surface area contributed by atoms with E-state index in [4.69, 9.17) is 9.15 Å². The van der Waals surface area contributed by atoms with Crippen molar-refractivity contribution in [2.24, 2.45) is 0 Å². The Morgan fingerprint density at radius 2 is 1.87 bits per heavy atom. The number of ether oxygens (including phenoxy) is 1. The summed E-state index contributed by atoms with van der Waals surface area (Å²) >= 11 is 0. The summed E-state index contributed by atoms with van der Waals surface area (Å²) in [7, 11) is 0. The SMILES string of the molecule is C=C(C)[C@@H](O)Cc1c2c(c3oc4c(O)c(O)ccc4c(=O)c3c1O)C=CC(C)(C)O2. The van der Waals surface area contributed by atoms with Gasteiger partial charge in [-0.05, 0) is 45.1 Å². The Hall–Kier alpha value is -3.45. The van der Waals surface area contributed by atoms with Gasteiger partial charge in [-0.15, -0.1) is 0 Å². The zero-order valence-electron chi connectivity index (χ0n) is 16.8. The van der Waals surface area contributed by atoms with Crippen molar-refractivity contribution in [1.82, 2.24) is 0 Å². The minimum atomic E-state index is -0.955. The lowest BCUT2D eigenvalue weighted by atomic mass is 9.92. The van der Waals surface area contributed by atoms with Gasteiger partial charge in [0.15, 0.2) is 16.9 Å². The smallest absolute Gasteiger partial charge is 0.204 e. The van der Waals surface area contributed by atoms with E-state index in [9.17, 15) is 25.2 Å². The predicted molar refractivity (Wildman–Crippen MR) is 113 cm³/mol. The first-order valence-corrected chi connectivity index (χ1v) is 9.43. The molecule has 1 aliphatic heterocycles. The zero-order valence-corrected chi connectivity index (χ0v) is 16.8. The Labute approximate surface area is 171 Å². The van der Waals surface area contributed by atoms with Crippen LogP contribution in [0, 0.1) is 0 Å². The molecule has 0 radical (unpaired) electrons. The van der Waals surface area contributed by atoms with Gasteiger partial charge < -0.3 is 29.6 Å². The highest BCUT2D eigenvalue weighted by Crippen LogP contribution is 2.46. The Bertz CT molecular complexity index is 1310. The Kier molecular flexibility index (Phi) is 4.32. The molecule has 30 heavy (non-hydrogen) atoms. The summed E-state index contributed by atoms with van der Waals surface area (Å²) in [4.78, 5) is 13.2. The van der Waals surface area contributed by atoms with Gasteiger partial charge in [-0.1, -0.05) is 12.2 Å². The fourth-order valence-corrected chi connectivity index (χ4v) is 3.57. The highest BCUT2D eigenvalue weighted by Gasteiger charge is 2.32. The van der Waals surface area contributed by atoms with Crippen molar-refractivity contribution >= 4 is 28.0 Å². The molecule has 0 unspecified atom stereocenters. The maximum absolute atomic E-state index is 13.2. The number of benzene rings is 2. The van der Waals surface area contributed by atoms with Crippen molar-refractivity contribution in [3.63, 3.8) is 0 Å². The topological polar surface area (TPSA) is 120 Å². The number of hydrogen-bond acceptors (Lipinski definition) is 7. The molecule has 0 amide bonds. The number of phenols is 3. The molecule has 1 aliphatic rings. The van der Waals surface area contributed by atoms with E-state index < -0.39 is 28.6 Å². The van der Waals surface area contributed by atoms with Crippen LogP contribution in [-0.2, 0) is 6.42 Å². The number of aliphatic hydroxyl groups is 1. The fraction of sp³-hybridized carbons (Fsp3) is 0.261. The minimum absolute atomic E-state index is 0.000451. The van der Waals surface area contributed by atoms with Gasteiger partial charge in [0, 0.05) is 12.0 Å². The van der Waals surface area contributed by atoms with E-state index in [0.29, 0.717) is 11.1 Å². The lowest BCUT2D eigenvalue weighted by Gasteiger charge is -2.30. The van der Waals surface area contributed by atoms with E-state index >= 15 is 0 Å². The van der Waals surface area contributed by atoms with Crippen LogP contribution in [-0.4, -0.2) is 32.1 Å². The van der Waals surface area contributed by atoms with E-state index in [1.807, 2.05) is 13.8 Å². The molecule has 0 saturated heterocycles. The van der Waals surface area contributed by atoms with Gasteiger partial charge in [0.25, 0.3) is 0 Å². The number of fused-ring (bicyclic) bond motifs is 4. The molecule has 1 atom stereocenters. The third-order valence-corrected chi connectivity index (χ3v) is 5.28. The molecule has 2 heterocycles.